The maximum atomic E-state index is 13.5. The van der Waals surface area contributed by atoms with Crippen LogP contribution in [0.15, 0.2) is 51.7 Å². The Morgan fingerprint density at radius 3 is 2.64 bits per heavy atom. The standard InChI is InChI=1S/C24H19ClFNO6/c25-16-3-2-14(6-17(16)26)32-9-22(31)27-24-10-23(11-24,12-24)8-19(30)21-7-18(29)15-5-13(28)1-4-20(15)33-21/h1-7,28H,8-12H2,(H,27,31). The van der Waals surface area contributed by atoms with Gasteiger partial charge in [0.1, 0.15) is 22.9 Å². The van der Waals surface area contributed by atoms with Crippen LogP contribution in [0.4, 0.5) is 4.39 Å². The molecular weight excluding hydrogens is 453 g/mol. The molecule has 2 bridgehead atoms. The number of phenols is 1. The lowest BCUT2D eigenvalue weighted by Gasteiger charge is -2.70. The van der Waals surface area contributed by atoms with Crippen molar-refractivity contribution in [3.63, 3.8) is 0 Å². The van der Waals surface area contributed by atoms with Crippen LogP contribution in [0.3, 0.4) is 0 Å². The Bertz CT molecular complexity index is 1350. The molecule has 1 heterocycles. The Labute approximate surface area is 192 Å². The van der Waals surface area contributed by atoms with E-state index in [0.29, 0.717) is 19.3 Å². The van der Waals surface area contributed by atoms with Gasteiger partial charge in [-0.25, -0.2) is 4.39 Å². The van der Waals surface area contributed by atoms with Crippen molar-refractivity contribution in [2.45, 2.75) is 31.2 Å². The highest BCUT2D eigenvalue weighted by atomic mass is 35.5. The van der Waals surface area contributed by atoms with Gasteiger partial charge in [-0.05, 0) is 55.0 Å². The third-order valence-electron chi connectivity index (χ3n) is 6.33. The van der Waals surface area contributed by atoms with E-state index in [2.05, 4.69) is 5.32 Å². The highest BCUT2D eigenvalue weighted by molar-refractivity contribution is 6.30. The third-order valence-corrected chi connectivity index (χ3v) is 6.63. The van der Waals surface area contributed by atoms with Crippen molar-refractivity contribution < 1.29 is 28.2 Å². The number of halogens is 2. The molecule has 3 aliphatic carbocycles. The summed E-state index contributed by atoms with van der Waals surface area (Å²) in [7, 11) is 0. The molecule has 6 rings (SSSR count). The molecule has 3 fully saturated rings. The van der Waals surface area contributed by atoms with Gasteiger partial charge in [0.25, 0.3) is 5.91 Å². The first-order valence-corrected chi connectivity index (χ1v) is 10.7. The number of hydrogen-bond donors (Lipinski definition) is 2. The second kappa shape index (κ2) is 7.59. The van der Waals surface area contributed by atoms with Gasteiger partial charge in [0.15, 0.2) is 23.6 Å². The molecule has 0 spiro atoms. The van der Waals surface area contributed by atoms with Gasteiger partial charge in [-0.2, -0.15) is 0 Å². The molecule has 3 saturated carbocycles. The number of hydrogen-bond acceptors (Lipinski definition) is 6. The first kappa shape index (κ1) is 21.5. The summed E-state index contributed by atoms with van der Waals surface area (Å²) in [4.78, 5) is 37.3. The summed E-state index contributed by atoms with van der Waals surface area (Å²) in [5.74, 6) is -1.08. The molecule has 2 aromatic carbocycles. The molecule has 0 radical (unpaired) electrons. The van der Waals surface area contributed by atoms with Crippen LogP contribution in [0.2, 0.25) is 5.02 Å². The molecule has 1 amide bonds. The van der Waals surface area contributed by atoms with E-state index in [-0.39, 0.29) is 68.9 Å². The van der Waals surface area contributed by atoms with Crippen LogP contribution in [0.1, 0.15) is 36.2 Å². The highest BCUT2D eigenvalue weighted by Crippen LogP contribution is 2.69. The van der Waals surface area contributed by atoms with E-state index in [4.69, 9.17) is 20.8 Å². The van der Waals surface area contributed by atoms with Crippen molar-refractivity contribution in [2.75, 3.05) is 6.61 Å². The quantitative estimate of drug-likeness (QED) is 0.505. The van der Waals surface area contributed by atoms with Crippen molar-refractivity contribution in [2.24, 2.45) is 5.41 Å². The number of rotatable bonds is 7. The molecule has 170 valence electrons. The van der Waals surface area contributed by atoms with Crippen LogP contribution in [0, 0.1) is 11.2 Å². The molecule has 2 N–H and O–H groups in total. The summed E-state index contributed by atoms with van der Waals surface area (Å²) in [6.07, 6.45) is 2.17. The number of fused-ring (bicyclic) bond motifs is 1. The van der Waals surface area contributed by atoms with Gasteiger partial charge in [0, 0.05) is 24.1 Å². The minimum absolute atomic E-state index is 0.00963. The number of ether oxygens (including phenoxy) is 1. The van der Waals surface area contributed by atoms with Crippen molar-refractivity contribution >= 4 is 34.3 Å². The van der Waals surface area contributed by atoms with E-state index in [0.717, 1.165) is 12.1 Å². The zero-order valence-corrected chi connectivity index (χ0v) is 18.1. The number of nitrogens with one attached hydrogen (secondary N) is 1. The average molecular weight is 472 g/mol. The number of ketones is 1. The summed E-state index contributed by atoms with van der Waals surface area (Å²) >= 11 is 5.63. The van der Waals surface area contributed by atoms with E-state index >= 15 is 0 Å². The molecule has 9 heteroatoms. The van der Waals surface area contributed by atoms with Crippen LogP contribution in [0.5, 0.6) is 11.5 Å². The van der Waals surface area contributed by atoms with Gasteiger partial charge < -0.3 is 19.6 Å². The number of benzene rings is 2. The van der Waals surface area contributed by atoms with Crippen molar-refractivity contribution in [3.8, 4) is 11.5 Å². The Kier molecular flexibility index (Phi) is 4.93. The van der Waals surface area contributed by atoms with Gasteiger partial charge in [-0.3, -0.25) is 14.4 Å². The smallest absolute Gasteiger partial charge is 0.258 e. The van der Waals surface area contributed by atoms with E-state index in [1.807, 2.05) is 0 Å². The normalized spacial score (nSPS) is 22.8. The molecule has 1 aromatic heterocycles. The van der Waals surface area contributed by atoms with Crippen molar-refractivity contribution in [1.82, 2.24) is 5.32 Å². The number of aromatic hydroxyl groups is 1. The van der Waals surface area contributed by atoms with E-state index in [1.165, 1.54) is 30.3 Å². The van der Waals surface area contributed by atoms with Crippen LogP contribution in [-0.2, 0) is 4.79 Å². The second-order valence-electron chi connectivity index (χ2n) is 8.98. The monoisotopic (exact) mass is 471 g/mol. The summed E-state index contributed by atoms with van der Waals surface area (Å²) in [6.45, 7) is -0.257. The second-order valence-corrected chi connectivity index (χ2v) is 9.39. The fourth-order valence-corrected chi connectivity index (χ4v) is 5.19. The van der Waals surface area contributed by atoms with Crippen molar-refractivity contribution in [3.05, 3.63) is 69.3 Å². The zero-order chi connectivity index (χ0) is 23.4. The summed E-state index contributed by atoms with van der Waals surface area (Å²) in [5, 5.41) is 12.6. The summed E-state index contributed by atoms with van der Waals surface area (Å²) < 4.78 is 24.4. The third kappa shape index (κ3) is 3.95. The Morgan fingerprint density at radius 2 is 1.91 bits per heavy atom. The lowest BCUT2D eigenvalue weighted by molar-refractivity contribution is -0.164. The summed E-state index contributed by atoms with van der Waals surface area (Å²) in [6, 6.07) is 9.25. The van der Waals surface area contributed by atoms with Gasteiger partial charge in [-0.1, -0.05) is 11.6 Å². The Morgan fingerprint density at radius 1 is 1.15 bits per heavy atom. The number of phenolic OH excluding ortho intramolecular Hbond substituents is 1. The molecule has 0 aliphatic heterocycles. The maximum absolute atomic E-state index is 13.5. The minimum Gasteiger partial charge on any atom is -0.508 e. The molecule has 0 atom stereocenters. The lowest BCUT2D eigenvalue weighted by Crippen LogP contribution is -2.75. The van der Waals surface area contributed by atoms with Crippen LogP contribution in [-0.4, -0.2) is 28.9 Å². The van der Waals surface area contributed by atoms with Gasteiger partial charge >= 0.3 is 0 Å². The first-order chi connectivity index (χ1) is 15.7. The Hall–Kier alpha value is -3.39. The molecule has 3 aliphatic rings. The molecule has 7 nitrogen and oxygen atoms in total. The SMILES string of the molecule is O=C(COc1ccc(Cl)c(F)c1)NC12CC(CC(=O)c3cc(=O)c4cc(O)ccc4o3)(C1)C2. The highest BCUT2D eigenvalue weighted by Gasteiger charge is 2.68. The lowest BCUT2D eigenvalue weighted by atomic mass is 9.38. The molecule has 3 aromatic rings. The van der Waals surface area contributed by atoms with E-state index in [1.54, 1.807) is 0 Å². The topological polar surface area (TPSA) is 106 Å². The van der Waals surface area contributed by atoms with E-state index < -0.39 is 11.2 Å². The van der Waals surface area contributed by atoms with Crippen LogP contribution >= 0.6 is 11.6 Å². The predicted molar refractivity (Wildman–Crippen MR) is 117 cm³/mol. The average Bonchev–Trinajstić information content (AvgIpc) is 2.72. The maximum Gasteiger partial charge on any atom is 0.258 e. The Balaban J connectivity index is 1.15. The summed E-state index contributed by atoms with van der Waals surface area (Å²) in [5.41, 5.74) is -0.719. The molecule has 0 saturated heterocycles. The molecule has 33 heavy (non-hydrogen) atoms. The van der Waals surface area contributed by atoms with Gasteiger partial charge in [0.05, 0.1) is 10.4 Å². The predicted octanol–water partition coefficient (Wildman–Crippen LogP) is 3.98. The fraction of sp³-hybridized carbons (Fsp3) is 0.292. The largest absolute Gasteiger partial charge is 0.508 e. The number of carbonyl (C=O) groups excluding carboxylic acids is 2. The fourth-order valence-electron chi connectivity index (χ4n) is 5.07. The number of carbonyl (C=O) groups is 2. The number of amides is 1. The van der Waals surface area contributed by atoms with Crippen molar-refractivity contribution in [1.29, 1.82) is 0 Å². The van der Waals surface area contributed by atoms with Gasteiger partial charge in [0.2, 0.25) is 0 Å². The van der Waals surface area contributed by atoms with Crippen LogP contribution < -0.4 is 15.5 Å². The zero-order valence-electron chi connectivity index (χ0n) is 17.3. The molecular formula is C24H19ClFNO6. The molecule has 0 unspecified atom stereocenters. The van der Waals surface area contributed by atoms with Crippen LogP contribution in [0.25, 0.3) is 11.0 Å². The number of Topliss-reactive ketones (excluding diaryl/α,β-unsaturated/α-hetero) is 1. The van der Waals surface area contributed by atoms with Gasteiger partial charge in [-0.15, -0.1) is 0 Å². The minimum atomic E-state index is -0.624. The first-order valence-electron chi connectivity index (χ1n) is 10.4. The van der Waals surface area contributed by atoms with E-state index in [9.17, 15) is 23.9 Å².